The second-order valence-corrected chi connectivity index (χ2v) is 9.52. The smallest absolute Gasteiger partial charge is 0.200 e. The van der Waals surface area contributed by atoms with Gasteiger partial charge in [0.1, 0.15) is 0 Å². The first-order valence-corrected chi connectivity index (χ1v) is 11.2. The van der Waals surface area contributed by atoms with Crippen molar-refractivity contribution in [1.29, 1.82) is 0 Å². The minimum Gasteiger partial charge on any atom is -0.369 e. The number of nitrogens with zero attached hydrogens (tertiary/aromatic N) is 6. The van der Waals surface area contributed by atoms with Crippen LogP contribution in [0.5, 0.6) is 0 Å². The van der Waals surface area contributed by atoms with Crippen molar-refractivity contribution < 1.29 is 0 Å². The van der Waals surface area contributed by atoms with Crippen molar-refractivity contribution in [3.63, 3.8) is 0 Å². The molecule has 3 aromatic heterocycles. The molecular weight excluding hydrogens is 448 g/mol. The predicted molar refractivity (Wildman–Crippen MR) is 121 cm³/mol. The van der Waals surface area contributed by atoms with Gasteiger partial charge in [0.2, 0.25) is 0 Å². The van der Waals surface area contributed by atoms with Crippen LogP contribution in [0.4, 0.5) is 5.69 Å². The minimum absolute atomic E-state index is 0.605. The molecule has 0 saturated carbocycles. The number of halogens is 1. The van der Waals surface area contributed by atoms with E-state index in [0.29, 0.717) is 6.04 Å². The Labute approximate surface area is 182 Å². The van der Waals surface area contributed by atoms with Gasteiger partial charge in [0.15, 0.2) is 10.8 Å². The predicted octanol–water partition coefficient (Wildman–Crippen LogP) is 4.33. The summed E-state index contributed by atoms with van der Waals surface area (Å²) in [5, 5.41) is 10.6. The molecule has 148 valence electrons. The van der Waals surface area contributed by atoms with E-state index in [9.17, 15) is 0 Å². The highest BCUT2D eigenvalue weighted by molar-refractivity contribution is 9.10. The summed E-state index contributed by atoms with van der Waals surface area (Å²) in [7, 11) is 4.31. The molecule has 6 nitrogen and oxygen atoms in total. The van der Waals surface area contributed by atoms with Crippen LogP contribution in [-0.4, -0.2) is 57.7 Å². The van der Waals surface area contributed by atoms with E-state index in [2.05, 4.69) is 74.3 Å². The standard InChI is InChI=1S/C21H21BrN6S/c1-26(2)16-7-8-27(13-16)17-9-14-10-18(4-5-19(14)23-11-17)29-21-25-24-20-6-3-15(22)12-28(20)21/h3-6,9-12,16H,7-8,13H2,1-2H3. The van der Waals surface area contributed by atoms with Crippen molar-refractivity contribution in [2.45, 2.75) is 22.5 Å². The van der Waals surface area contributed by atoms with E-state index < -0.39 is 0 Å². The van der Waals surface area contributed by atoms with Crippen molar-refractivity contribution >= 4 is 49.9 Å². The molecule has 8 heteroatoms. The molecular formula is C21H21BrN6S. The van der Waals surface area contributed by atoms with E-state index >= 15 is 0 Å². The molecule has 1 aromatic carbocycles. The molecule has 1 unspecified atom stereocenters. The van der Waals surface area contributed by atoms with Gasteiger partial charge in [-0.1, -0.05) is 0 Å². The summed E-state index contributed by atoms with van der Waals surface area (Å²) in [6.45, 7) is 2.13. The number of likely N-dealkylation sites (N-methyl/N-ethyl adjacent to an activating group) is 1. The zero-order valence-corrected chi connectivity index (χ0v) is 18.7. The second-order valence-electron chi connectivity index (χ2n) is 7.56. The maximum atomic E-state index is 4.69. The fourth-order valence-corrected chi connectivity index (χ4v) is 4.95. The fourth-order valence-electron chi connectivity index (χ4n) is 3.75. The summed E-state index contributed by atoms with van der Waals surface area (Å²) in [5.74, 6) is 0. The van der Waals surface area contributed by atoms with E-state index in [1.807, 2.05) is 28.9 Å². The lowest BCUT2D eigenvalue weighted by atomic mass is 10.2. The number of benzene rings is 1. The molecule has 4 heterocycles. The molecule has 1 fully saturated rings. The largest absolute Gasteiger partial charge is 0.369 e. The molecule has 0 spiro atoms. The Morgan fingerprint density at radius 3 is 2.86 bits per heavy atom. The third-order valence-corrected chi connectivity index (χ3v) is 6.86. The maximum absolute atomic E-state index is 4.69. The molecule has 1 aliphatic heterocycles. The molecule has 0 aliphatic carbocycles. The van der Waals surface area contributed by atoms with E-state index in [1.54, 1.807) is 11.8 Å². The van der Waals surface area contributed by atoms with Gasteiger partial charge in [0, 0.05) is 40.1 Å². The van der Waals surface area contributed by atoms with Gasteiger partial charge in [0.25, 0.3) is 0 Å². The Kier molecular flexibility index (Phi) is 4.93. The van der Waals surface area contributed by atoms with Gasteiger partial charge in [-0.2, -0.15) is 0 Å². The van der Waals surface area contributed by atoms with Crippen LogP contribution in [0.25, 0.3) is 16.6 Å². The average molecular weight is 469 g/mol. The average Bonchev–Trinajstić information content (AvgIpc) is 3.35. The van der Waals surface area contributed by atoms with Crippen LogP contribution < -0.4 is 4.90 Å². The molecule has 29 heavy (non-hydrogen) atoms. The summed E-state index contributed by atoms with van der Waals surface area (Å²) in [5.41, 5.74) is 3.04. The molecule has 0 N–H and O–H groups in total. The SMILES string of the molecule is CN(C)C1CCN(c2cnc3ccc(Sc4nnc5ccc(Br)cn45)cc3c2)C1. The molecule has 5 rings (SSSR count). The molecule has 1 atom stereocenters. The molecule has 0 amide bonds. The minimum atomic E-state index is 0.605. The highest BCUT2D eigenvalue weighted by Gasteiger charge is 2.24. The monoisotopic (exact) mass is 468 g/mol. The third kappa shape index (κ3) is 3.72. The van der Waals surface area contributed by atoms with Crippen molar-refractivity contribution in [2.75, 3.05) is 32.1 Å². The Morgan fingerprint density at radius 2 is 2.03 bits per heavy atom. The van der Waals surface area contributed by atoms with Gasteiger partial charge < -0.3 is 9.80 Å². The highest BCUT2D eigenvalue weighted by atomic mass is 79.9. The molecule has 0 bridgehead atoms. The lowest BCUT2D eigenvalue weighted by Gasteiger charge is -2.21. The zero-order chi connectivity index (χ0) is 20.0. The number of fused-ring (bicyclic) bond motifs is 2. The molecule has 4 aromatic rings. The molecule has 1 saturated heterocycles. The van der Waals surface area contributed by atoms with E-state index in [1.165, 1.54) is 12.1 Å². The maximum Gasteiger partial charge on any atom is 0.200 e. The molecule has 0 radical (unpaired) electrons. The second kappa shape index (κ2) is 7.59. The van der Waals surface area contributed by atoms with Crippen LogP contribution >= 0.6 is 27.7 Å². The van der Waals surface area contributed by atoms with Crippen LogP contribution in [0.2, 0.25) is 0 Å². The summed E-state index contributed by atoms with van der Waals surface area (Å²) < 4.78 is 3.00. The summed E-state index contributed by atoms with van der Waals surface area (Å²) in [6, 6.07) is 13.1. The normalized spacial score (nSPS) is 17.1. The van der Waals surface area contributed by atoms with Gasteiger partial charge in [-0.15, -0.1) is 10.2 Å². The quantitative estimate of drug-likeness (QED) is 0.444. The van der Waals surface area contributed by atoms with Gasteiger partial charge in [0.05, 0.1) is 17.4 Å². The van der Waals surface area contributed by atoms with Crippen LogP contribution in [0.3, 0.4) is 0 Å². The first kappa shape index (κ1) is 18.8. The van der Waals surface area contributed by atoms with Gasteiger partial charge in [-0.25, -0.2) is 0 Å². The first-order valence-electron chi connectivity index (χ1n) is 9.56. The van der Waals surface area contributed by atoms with Gasteiger partial charge in [-0.05, 0) is 84.6 Å². The van der Waals surface area contributed by atoms with Gasteiger partial charge >= 0.3 is 0 Å². The number of aromatic nitrogens is 4. The summed E-state index contributed by atoms with van der Waals surface area (Å²) in [6.07, 6.45) is 5.18. The van der Waals surface area contributed by atoms with Crippen molar-refractivity contribution in [3.8, 4) is 0 Å². The Morgan fingerprint density at radius 1 is 1.14 bits per heavy atom. The highest BCUT2D eigenvalue weighted by Crippen LogP contribution is 2.31. The third-order valence-electron chi connectivity index (χ3n) is 5.44. The van der Waals surface area contributed by atoms with Crippen LogP contribution in [0.15, 0.2) is 63.3 Å². The number of hydrogen-bond donors (Lipinski definition) is 0. The lowest BCUT2D eigenvalue weighted by molar-refractivity contribution is 0.315. The van der Waals surface area contributed by atoms with Crippen LogP contribution in [-0.2, 0) is 0 Å². The number of anilines is 1. The Hall–Kier alpha value is -2.16. The number of pyridine rings is 2. The fraction of sp³-hybridized carbons (Fsp3) is 0.286. The van der Waals surface area contributed by atoms with Crippen LogP contribution in [0.1, 0.15) is 6.42 Å². The van der Waals surface area contributed by atoms with Crippen molar-refractivity contribution in [3.05, 3.63) is 53.3 Å². The topological polar surface area (TPSA) is 49.6 Å². The Balaban J connectivity index is 1.44. The first-order chi connectivity index (χ1) is 14.1. The summed E-state index contributed by atoms with van der Waals surface area (Å²) >= 11 is 5.13. The summed E-state index contributed by atoms with van der Waals surface area (Å²) in [4.78, 5) is 10.6. The van der Waals surface area contributed by atoms with E-state index in [-0.39, 0.29) is 0 Å². The lowest BCUT2D eigenvalue weighted by Crippen LogP contribution is -2.31. The molecule has 1 aliphatic rings. The van der Waals surface area contributed by atoms with E-state index in [0.717, 1.165) is 44.2 Å². The zero-order valence-electron chi connectivity index (χ0n) is 16.3. The van der Waals surface area contributed by atoms with Crippen LogP contribution in [0, 0.1) is 0 Å². The van der Waals surface area contributed by atoms with E-state index in [4.69, 9.17) is 4.98 Å². The van der Waals surface area contributed by atoms with Crippen molar-refractivity contribution in [2.24, 2.45) is 0 Å². The number of rotatable bonds is 4. The van der Waals surface area contributed by atoms with Crippen molar-refractivity contribution in [1.82, 2.24) is 24.5 Å². The Bertz CT molecular complexity index is 1190. The van der Waals surface area contributed by atoms with Gasteiger partial charge in [-0.3, -0.25) is 9.38 Å². The number of hydrogen-bond acceptors (Lipinski definition) is 6.